The van der Waals surface area contributed by atoms with E-state index in [1.807, 2.05) is 0 Å². The van der Waals surface area contributed by atoms with Gasteiger partial charge in [-0.1, -0.05) is 0 Å². The van der Waals surface area contributed by atoms with E-state index in [0.29, 0.717) is 11.8 Å². The van der Waals surface area contributed by atoms with E-state index in [1.165, 1.54) is 22.3 Å². The minimum Gasteiger partial charge on any atom is -1.00 e. The average Bonchev–Trinajstić information content (AvgIpc) is 2.99. The number of rotatable bonds is 2. The quantitative estimate of drug-likeness (QED) is 0.613. The molecule has 2 unspecified atom stereocenters. The van der Waals surface area contributed by atoms with Crippen LogP contribution in [0.5, 0.6) is 0 Å². The number of benzene rings is 2. The second kappa shape index (κ2) is 7.41. The van der Waals surface area contributed by atoms with Crippen LogP contribution in [0.25, 0.3) is 12.2 Å². The number of hydrogen-bond acceptors (Lipinski definition) is 0. The van der Waals surface area contributed by atoms with Crippen LogP contribution in [0.3, 0.4) is 0 Å². The van der Waals surface area contributed by atoms with Gasteiger partial charge in [-0.2, -0.15) is 0 Å². The molecule has 0 saturated heterocycles. The maximum atomic E-state index is 2.45. The molecule has 0 aromatic heterocycles. The molecule has 0 aliphatic heterocycles. The van der Waals surface area contributed by atoms with E-state index in [4.69, 9.17) is 0 Å². The Hall–Kier alpha value is -0.786. The Labute approximate surface area is 159 Å². The Kier molecular flexibility index (Phi) is 5.97. The second-order valence-electron chi connectivity index (χ2n) is 6.03. The molecule has 2 aliphatic rings. The molecular formula is C20H18Cl2Ti. The second-order valence-corrected chi connectivity index (χ2v) is 8.22. The van der Waals surface area contributed by atoms with Crippen molar-refractivity contribution in [1.82, 2.24) is 0 Å². The van der Waals surface area contributed by atoms with Gasteiger partial charge in [-0.25, -0.2) is 0 Å². The van der Waals surface area contributed by atoms with E-state index >= 15 is 0 Å². The van der Waals surface area contributed by atoms with Gasteiger partial charge in [0.2, 0.25) is 0 Å². The number of halogens is 2. The van der Waals surface area contributed by atoms with Crippen LogP contribution in [-0.4, -0.2) is 0 Å². The maximum Gasteiger partial charge on any atom is -1.00 e. The molecule has 0 spiro atoms. The van der Waals surface area contributed by atoms with Crippen LogP contribution < -0.4 is 24.8 Å². The molecule has 2 aliphatic carbocycles. The van der Waals surface area contributed by atoms with Crippen LogP contribution in [0, 0.1) is 0 Å². The fourth-order valence-corrected chi connectivity index (χ4v) is 5.84. The van der Waals surface area contributed by atoms with Crippen molar-refractivity contribution in [2.24, 2.45) is 0 Å². The fraction of sp³-hybridized carbons (Fsp3) is 0.200. The molecule has 0 bridgehead atoms. The van der Waals surface area contributed by atoms with Crippen molar-refractivity contribution in [2.45, 2.75) is 25.7 Å². The van der Waals surface area contributed by atoms with Gasteiger partial charge in [0.1, 0.15) is 0 Å². The van der Waals surface area contributed by atoms with Gasteiger partial charge in [-0.05, 0) is 0 Å². The summed E-state index contributed by atoms with van der Waals surface area (Å²) < 4.78 is 3.37. The van der Waals surface area contributed by atoms with Gasteiger partial charge >= 0.3 is 136 Å². The summed E-state index contributed by atoms with van der Waals surface area (Å²) >= 11 is -0.192. The third kappa shape index (κ3) is 3.23. The first-order valence-electron chi connectivity index (χ1n) is 7.62. The summed E-state index contributed by atoms with van der Waals surface area (Å²) in [6.07, 6.45) is 4.91. The molecule has 0 fully saturated rings. The van der Waals surface area contributed by atoms with E-state index in [1.54, 1.807) is 7.76 Å². The van der Waals surface area contributed by atoms with Crippen molar-refractivity contribution in [1.29, 1.82) is 0 Å². The molecule has 2 atom stereocenters. The van der Waals surface area contributed by atoms with Gasteiger partial charge in [0.15, 0.2) is 0 Å². The van der Waals surface area contributed by atoms with E-state index in [2.05, 4.69) is 74.5 Å². The van der Waals surface area contributed by atoms with Crippen molar-refractivity contribution < 1.29 is 44.0 Å². The minimum absolute atomic E-state index is 0. The molecule has 0 saturated carbocycles. The monoisotopic (exact) mass is 376 g/mol. The molecule has 0 radical (unpaired) electrons. The average molecular weight is 377 g/mol. The van der Waals surface area contributed by atoms with Crippen LogP contribution in [-0.2, 0) is 19.2 Å². The van der Waals surface area contributed by atoms with Crippen LogP contribution in [0.1, 0.15) is 47.9 Å². The van der Waals surface area contributed by atoms with Crippen molar-refractivity contribution >= 4 is 12.2 Å². The molecule has 23 heavy (non-hydrogen) atoms. The van der Waals surface area contributed by atoms with Crippen LogP contribution in [0.4, 0.5) is 0 Å². The van der Waals surface area contributed by atoms with E-state index in [0.717, 1.165) is 0 Å². The first-order valence-corrected chi connectivity index (χ1v) is 9.18. The number of hydrogen-bond donors (Lipinski definition) is 0. The zero-order valence-corrected chi connectivity index (χ0v) is 16.3. The summed E-state index contributed by atoms with van der Waals surface area (Å²) in [7, 11) is 0. The standard InChI is InChI=1S/2C10H9.2ClH.Ti/c2*1-8-6-7-9-4-2-3-5-10(8)9;;;/h2*2-5,7-8H,1H3;2*1H;/q;;;;+2/p-2. The maximum absolute atomic E-state index is 2.45. The van der Waals surface area contributed by atoms with Crippen molar-refractivity contribution in [2.75, 3.05) is 0 Å². The summed E-state index contributed by atoms with van der Waals surface area (Å²) in [5.74, 6) is 1.22. The molecule has 4 rings (SSSR count). The topological polar surface area (TPSA) is 0 Å². The molecule has 2 aromatic rings. The number of fused-ring (bicyclic) bond motifs is 2. The molecule has 0 heterocycles. The van der Waals surface area contributed by atoms with Crippen molar-refractivity contribution in [3.05, 3.63) is 78.5 Å². The first kappa shape index (κ1) is 18.6. The largest absolute Gasteiger partial charge is 1.00 e. The van der Waals surface area contributed by atoms with E-state index in [-0.39, 0.29) is 44.0 Å². The van der Waals surface area contributed by atoms with Gasteiger partial charge < -0.3 is 24.8 Å². The Morgan fingerprint density at radius 2 is 1.04 bits per heavy atom. The summed E-state index contributed by atoms with van der Waals surface area (Å²) in [6, 6.07) is 17.7. The Balaban J connectivity index is 0.000000960. The third-order valence-corrected chi connectivity index (χ3v) is 7.47. The molecule has 0 N–H and O–H groups in total. The zero-order chi connectivity index (χ0) is 14.4. The Morgan fingerprint density at radius 3 is 1.43 bits per heavy atom. The third-order valence-electron chi connectivity index (χ3n) is 4.77. The summed E-state index contributed by atoms with van der Waals surface area (Å²) in [5.41, 5.74) is 5.90. The summed E-state index contributed by atoms with van der Waals surface area (Å²) in [6.45, 7) is 4.74. The first-order chi connectivity index (χ1) is 10.2. The molecule has 116 valence electrons. The van der Waals surface area contributed by atoms with Crippen LogP contribution in [0.2, 0.25) is 0 Å². The zero-order valence-electron chi connectivity index (χ0n) is 13.2. The van der Waals surface area contributed by atoms with Gasteiger partial charge in [-0.15, -0.1) is 0 Å². The van der Waals surface area contributed by atoms with Gasteiger partial charge in [-0.3, -0.25) is 0 Å². The predicted molar refractivity (Wildman–Crippen MR) is 85.7 cm³/mol. The predicted octanol–water partition coefficient (Wildman–Crippen LogP) is -0.607. The molecule has 3 heteroatoms. The van der Waals surface area contributed by atoms with Crippen LogP contribution in [0.15, 0.2) is 56.3 Å². The minimum atomic E-state index is -0.192. The molecule has 0 nitrogen and oxygen atoms in total. The summed E-state index contributed by atoms with van der Waals surface area (Å²) in [4.78, 5) is 0. The number of allylic oxidation sites excluding steroid dienone is 2. The molecular weight excluding hydrogens is 359 g/mol. The van der Waals surface area contributed by atoms with E-state index in [9.17, 15) is 0 Å². The van der Waals surface area contributed by atoms with Crippen molar-refractivity contribution in [3.63, 3.8) is 0 Å². The molecule has 2 aromatic carbocycles. The van der Waals surface area contributed by atoms with Crippen molar-refractivity contribution in [3.8, 4) is 0 Å². The van der Waals surface area contributed by atoms with Gasteiger partial charge in [0.05, 0.1) is 0 Å². The van der Waals surface area contributed by atoms with E-state index < -0.39 is 0 Å². The molecule has 0 amide bonds. The van der Waals surface area contributed by atoms with Gasteiger partial charge in [0, 0.05) is 0 Å². The fourth-order valence-electron chi connectivity index (χ4n) is 3.45. The van der Waals surface area contributed by atoms with Gasteiger partial charge in [0.25, 0.3) is 0 Å². The normalized spacial score (nSPS) is 20.3. The Morgan fingerprint density at radius 1 is 0.652 bits per heavy atom. The Bertz CT molecular complexity index is 711. The summed E-state index contributed by atoms with van der Waals surface area (Å²) in [5, 5.41) is 0. The SMILES string of the molecule is CC1[C]([Ti+2][C]2=Cc3ccccc3C2C)=Cc2ccccc21.[Cl-].[Cl-]. The van der Waals surface area contributed by atoms with Crippen LogP contribution >= 0.6 is 0 Å². The smallest absolute Gasteiger partial charge is 1.00 e.